The molecule has 6 heteroatoms. The first-order valence-corrected chi connectivity index (χ1v) is 7.03. The molecular weight excluding hydrogens is 254 g/mol. The minimum absolute atomic E-state index is 0.0448. The van der Waals surface area contributed by atoms with Gasteiger partial charge < -0.3 is 15.0 Å². The maximum atomic E-state index is 5.93. The van der Waals surface area contributed by atoms with Gasteiger partial charge in [0.15, 0.2) is 11.9 Å². The van der Waals surface area contributed by atoms with E-state index < -0.39 is 0 Å². The van der Waals surface area contributed by atoms with Crippen LogP contribution < -0.4 is 15.0 Å². The van der Waals surface area contributed by atoms with Crippen LogP contribution in [0.1, 0.15) is 17.5 Å². The molecule has 6 nitrogen and oxygen atoms in total. The topological polar surface area (TPSA) is 66.1 Å². The van der Waals surface area contributed by atoms with Gasteiger partial charge in [-0.3, -0.25) is 5.10 Å². The van der Waals surface area contributed by atoms with E-state index in [-0.39, 0.29) is 6.10 Å². The van der Waals surface area contributed by atoms with Crippen LogP contribution in [-0.4, -0.2) is 41.4 Å². The first kappa shape index (κ1) is 11.7. The number of nitrogens with one attached hydrogen (secondary N) is 2. The molecule has 0 aliphatic carbocycles. The van der Waals surface area contributed by atoms with E-state index in [0.717, 1.165) is 50.1 Å². The number of piperazine rings is 1. The standard InChI is InChI=1S/C14H17N5O/c1-2-4-11-10(3-1)9-12(20-11)13-16-14(18-17-13)19-7-5-15-6-8-19/h1-4,12,15H,5-9H2,(H,16,17,18). The second kappa shape index (κ2) is 4.79. The second-order valence-corrected chi connectivity index (χ2v) is 5.18. The monoisotopic (exact) mass is 271 g/mol. The quantitative estimate of drug-likeness (QED) is 0.849. The summed E-state index contributed by atoms with van der Waals surface area (Å²) in [6.45, 7) is 3.86. The molecule has 104 valence electrons. The summed E-state index contributed by atoms with van der Waals surface area (Å²) < 4.78 is 5.93. The van der Waals surface area contributed by atoms with Crippen molar-refractivity contribution < 1.29 is 4.74 Å². The van der Waals surface area contributed by atoms with Gasteiger partial charge in [0, 0.05) is 32.6 Å². The molecule has 4 rings (SSSR count). The van der Waals surface area contributed by atoms with Gasteiger partial charge in [-0.25, -0.2) is 0 Å². The minimum atomic E-state index is -0.0448. The van der Waals surface area contributed by atoms with E-state index in [1.165, 1.54) is 5.56 Å². The van der Waals surface area contributed by atoms with E-state index in [1.807, 2.05) is 18.2 Å². The van der Waals surface area contributed by atoms with Crippen molar-refractivity contribution in [3.63, 3.8) is 0 Å². The fourth-order valence-electron chi connectivity index (χ4n) is 2.75. The third-order valence-electron chi connectivity index (χ3n) is 3.84. The number of aromatic nitrogens is 3. The van der Waals surface area contributed by atoms with Crippen LogP contribution in [-0.2, 0) is 6.42 Å². The Kier molecular flexibility index (Phi) is 2.81. The maximum absolute atomic E-state index is 5.93. The molecule has 0 amide bonds. The Balaban J connectivity index is 1.52. The van der Waals surface area contributed by atoms with Gasteiger partial charge in [-0.1, -0.05) is 18.2 Å². The molecule has 1 saturated heterocycles. The summed E-state index contributed by atoms with van der Waals surface area (Å²) in [4.78, 5) is 6.80. The molecule has 1 aromatic carbocycles. The van der Waals surface area contributed by atoms with Gasteiger partial charge in [0.05, 0.1) is 0 Å². The zero-order chi connectivity index (χ0) is 13.4. The third kappa shape index (κ3) is 2.02. The molecule has 1 aromatic heterocycles. The predicted molar refractivity (Wildman–Crippen MR) is 75.0 cm³/mol. The average molecular weight is 271 g/mol. The van der Waals surface area contributed by atoms with E-state index in [0.29, 0.717) is 0 Å². The molecule has 3 heterocycles. The molecular formula is C14H17N5O. The average Bonchev–Trinajstić information content (AvgIpc) is 3.14. The summed E-state index contributed by atoms with van der Waals surface area (Å²) in [5, 5.41) is 10.7. The Morgan fingerprint density at radius 3 is 2.90 bits per heavy atom. The van der Waals surface area contributed by atoms with Gasteiger partial charge in [0.2, 0.25) is 5.95 Å². The molecule has 20 heavy (non-hydrogen) atoms. The molecule has 0 saturated carbocycles. The normalized spacial score (nSPS) is 21.6. The molecule has 1 unspecified atom stereocenters. The van der Waals surface area contributed by atoms with Crippen molar-refractivity contribution in [1.82, 2.24) is 20.5 Å². The van der Waals surface area contributed by atoms with E-state index in [9.17, 15) is 0 Å². The summed E-state index contributed by atoms with van der Waals surface area (Å²) in [6, 6.07) is 8.14. The van der Waals surface area contributed by atoms with Crippen molar-refractivity contribution in [2.75, 3.05) is 31.1 Å². The number of rotatable bonds is 2. The smallest absolute Gasteiger partial charge is 0.244 e. The van der Waals surface area contributed by atoms with E-state index in [2.05, 4.69) is 31.5 Å². The van der Waals surface area contributed by atoms with Crippen molar-refractivity contribution in [2.24, 2.45) is 0 Å². The SMILES string of the molecule is c1ccc2c(c1)CC(c1nc(N3CCNCC3)n[nH]1)O2. The van der Waals surface area contributed by atoms with Crippen LogP contribution in [0, 0.1) is 0 Å². The number of hydrogen-bond acceptors (Lipinski definition) is 5. The summed E-state index contributed by atoms with van der Waals surface area (Å²) in [7, 11) is 0. The van der Waals surface area contributed by atoms with Gasteiger partial charge in [0.25, 0.3) is 0 Å². The minimum Gasteiger partial charge on any atom is -0.482 e. The zero-order valence-corrected chi connectivity index (χ0v) is 11.2. The molecule has 0 bridgehead atoms. The Bertz CT molecular complexity index is 580. The Morgan fingerprint density at radius 1 is 1.20 bits per heavy atom. The van der Waals surface area contributed by atoms with E-state index in [1.54, 1.807) is 0 Å². The van der Waals surface area contributed by atoms with Crippen molar-refractivity contribution in [3.05, 3.63) is 35.7 Å². The van der Waals surface area contributed by atoms with Crippen molar-refractivity contribution in [2.45, 2.75) is 12.5 Å². The first-order valence-electron chi connectivity index (χ1n) is 7.03. The second-order valence-electron chi connectivity index (χ2n) is 5.18. The zero-order valence-electron chi connectivity index (χ0n) is 11.2. The number of benzene rings is 1. The molecule has 2 aliphatic heterocycles. The Hall–Kier alpha value is -2.08. The van der Waals surface area contributed by atoms with Crippen molar-refractivity contribution in [1.29, 1.82) is 0 Å². The van der Waals surface area contributed by atoms with Gasteiger partial charge >= 0.3 is 0 Å². The number of ether oxygens (including phenoxy) is 1. The summed E-state index contributed by atoms with van der Waals surface area (Å²) in [6.07, 6.45) is 0.809. The first-order chi connectivity index (χ1) is 9.90. The molecule has 2 aromatic rings. The van der Waals surface area contributed by atoms with Crippen LogP contribution in [0.2, 0.25) is 0 Å². The van der Waals surface area contributed by atoms with Crippen molar-refractivity contribution in [3.8, 4) is 5.75 Å². The largest absolute Gasteiger partial charge is 0.482 e. The van der Waals surface area contributed by atoms with Crippen LogP contribution in [0.25, 0.3) is 0 Å². The fourth-order valence-corrected chi connectivity index (χ4v) is 2.75. The number of nitrogens with zero attached hydrogens (tertiary/aromatic N) is 3. The predicted octanol–water partition coefficient (Wildman–Crippen LogP) is 0.890. The molecule has 0 spiro atoms. The lowest BCUT2D eigenvalue weighted by molar-refractivity contribution is 0.228. The molecule has 1 atom stereocenters. The number of anilines is 1. The molecule has 2 aliphatic rings. The van der Waals surface area contributed by atoms with Crippen LogP contribution in [0.4, 0.5) is 5.95 Å². The van der Waals surface area contributed by atoms with E-state index >= 15 is 0 Å². The van der Waals surface area contributed by atoms with Gasteiger partial charge in [-0.15, -0.1) is 5.10 Å². The Morgan fingerprint density at radius 2 is 2.05 bits per heavy atom. The summed E-state index contributed by atoms with van der Waals surface area (Å²) in [5.74, 6) is 2.55. The van der Waals surface area contributed by atoms with Gasteiger partial charge in [0.1, 0.15) is 5.75 Å². The lowest BCUT2D eigenvalue weighted by Gasteiger charge is -2.25. The number of H-pyrrole nitrogens is 1. The maximum Gasteiger partial charge on any atom is 0.244 e. The lowest BCUT2D eigenvalue weighted by Crippen LogP contribution is -2.44. The van der Waals surface area contributed by atoms with Crippen molar-refractivity contribution >= 4 is 5.95 Å². The molecule has 1 fully saturated rings. The summed E-state index contributed by atoms with van der Waals surface area (Å²) >= 11 is 0. The number of fused-ring (bicyclic) bond motifs is 1. The highest BCUT2D eigenvalue weighted by Crippen LogP contribution is 2.35. The van der Waals surface area contributed by atoms with E-state index in [4.69, 9.17) is 4.74 Å². The highest BCUT2D eigenvalue weighted by Gasteiger charge is 2.27. The fraction of sp³-hybridized carbons (Fsp3) is 0.429. The molecule has 2 N–H and O–H groups in total. The molecule has 0 radical (unpaired) electrons. The van der Waals surface area contributed by atoms with Crippen LogP contribution in [0.3, 0.4) is 0 Å². The summed E-state index contributed by atoms with van der Waals surface area (Å²) in [5.41, 5.74) is 1.23. The van der Waals surface area contributed by atoms with Crippen LogP contribution in [0.5, 0.6) is 5.75 Å². The van der Waals surface area contributed by atoms with Crippen LogP contribution >= 0.6 is 0 Å². The number of hydrogen-bond donors (Lipinski definition) is 2. The van der Waals surface area contributed by atoms with Crippen LogP contribution in [0.15, 0.2) is 24.3 Å². The Labute approximate surface area is 117 Å². The third-order valence-corrected chi connectivity index (χ3v) is 3.84. The highest BCUT2D eigenvalue weighted by atomic mass is 16.5. The highest BCUT2D eigenvalue weighted by molar-refractivity contribution is 5.38. The number of aromatic amines is 1. The lowest BCUT2D eigenvalue weighted by atomic mass is 10.1. The number of para-hydroxylation sites is 1. The van der Waals surface area contributed by atoms with Gasteiger partial charge in [-0.05, 0) is 11.6 Å². The van der Waals surface area contributed by atoms with Gasteiger partial charge in [-0.2, -0.15) is 4.98 Å².